The summed E-state index contributed by atoms with van der Waals surface area (Å²) in [6, 6.07) is 24.5. The number of rotatable bonds is 15. The second kappa shape index (κ2) is 14.2. The molecule has 0 saturated carbocycles. The fraction of sp³-hybridized carbons (Fsp3) is 0.321. The molecule has 1 unspecified atom stereocenters. The van der Waals surface area contributed by atoms with Crippen LogP contribution in [0.1, 0.15) is 23.1 Å². The maximum Gasteiger partial charge on any atom is 0.404 e. The minimum absolute atomic E-state index is 0.00190. The van der Waals surface area contributed by atoms with Crippen molar-refractivity contribution in [3.8, 4) is 11.5 Å². The minimum Gasteiger partial charge on any atom is -0.496 e. The summed E-state index contributed by atoms with van der Waals surface area (Å²) in [5.41, 5.74) is 0.833. The number of methoxy groups -OCH3 is 2. The number of hydrogen-bond donors (Lipinski definition) is 3. The standard InChI is InChI=1S/C28H33NO8/c1-33-25-15-8-6-13-23(25)28(21-11-4-3-5-12-21,24-14-7-9-16-26(24)34-2)37-36-20-22(30)19-35-18-10-17-29-27(31)32/h3-9,11-16,22,29-30H,10,17-20H2,1-2H3,(H,31,32). The number of carbonyl (C=O) groups is 1. The van der Waals surface area contributed by atoms with Gasteiger partial charge in [0.25, 0.3) is 0 Å². The highest BCUT2D eigenvalue weighted by Crippen LogP contribution is 2.47. The number of ether oxygens (including phenoxy) is 3. The topological polar surface area (TPSA) is 116 Å². The van der Waals surface area contributed by atoms with E-state index in [-0.39, 0.29) is 26.4 Å². The van der Waals surface area contributed by atoms with Crippen molar-refractivity contribution in [2.24, 2.45) is 0 Å². The van der Waals surface area contributed by atoms with Gasteiger partial charge in [-0.05, 0) is 24.1 Å². The Morgan fingerprint density at radius 3 is 2.00 bits per heavy atom. The fourth-order valence-electron chi connectivity index (χ4n) is 3.98. The predicted octanol–water partition coefficient (Wildman–Crippen LogP) is 3.98. The molecule has 3 N–H and O–H groups in total. The van der Waals surface area contributed by atoms with E-state index in [1.54, 1.807) is 14.2 Å². The molecule has 1 atom stereocenters. The summed E-state index contributed by atoms with van der Waals surface area (Å²) >= 11 is 0. The second-order valence-electron chi connectivity index (χ2n) is 8.13. The number of aliphatic hydroxyl groups excluding tert-OH is 1. The van der Waals surface area contributed by atoms with E-state index in [1.807, 2.05) is 78.9 Å². The van der Waals surface area contributed by atoms with Gasteiger partial charge in [-0.3, -0.25) is 0 Å². The average molecular weight is 512 g/mol. The third-order valence-corrected chi connectivity index (χ3v) is 5.65. The molecule has 3 aromatic rings. The lowest BCUT2D eigenvalue weighted by molar-refractivity contribution is -0.354. The zero-order chi connectivity index (χ0) is 26.5. The van der Waals surface area contributed by atoms with Crippen molar-refractivity contribution in [2.75, 3.05) is 40.6 Å². The molecule has 3 aromatic carbocycles. The molecule has 0 aliphatic rings. The van der Waals surface area contributed by atoms with Gasteiger partial charge in [-0.1, -0.05) is 66.7 Å². The first-order chi connectivity index (χ1) is 18.0. The molecule has 0 aromatic heterocycles. The van der Waals surface area contributed by atoms with Gasteiger partial charge in [0, 0.05) is 24.3 Å². The lowest BCUT2D eigenvalue weighted by atomic mass is 9.79. The predicted molar refractivity (Wildman–Crippen MR) is 137 cm³/mol. The normalized spacial score (nSPS) is 12.1. The van der Waals surface area contributed by atoms with Gasteiger partial charge < -0.3 is 29.7 Å². The van der Waals surface area contributed by atoms with Gasteiger partial charge in [0.1, 0.15) is 24.2 Å². The van der Waals surface area contributed by atoms with Crippen LogP contribution in [0.4, 0.5) is 4.79 Å². The second-order valence-corrected chi connectivity index (χ2v) is 8.13. The van der Waals surface area contributed by atoms with Crippen LogP contribution in [0.15, 0.2) is 78.9 Å². The Morgan fingerprint density at radius 2 is 1.43 bits per heavy atom. The third-order valence-electron chi connectivity index (χ3n) is 5.65. The van der Waals surface area contributed by atoms with Crippen LogP contribution < -0.4 is 14.8 Å². The Morgan fingerprint density at radius 1 is 0.865 bits per heavy atom. The summed E-state index contributed by atoms with van der Waals surface area (Å²) in [5, 5.41) is 21.3. The van der Waals surface area contributed by atoms with Crippen molar-refractivity contribution in [3.63, 3.8) is 0 Å². The van der Waals surface area contributed by atoms with Crippen LogP contribution in [-0.4, -0.2) is 63.0 Å². The first-order valence-electron chi connectivity index (χ1n) is 11.9. The zero-order valence-corrected chi connectivity index (χ0v) is 21.0. The van der Waals surface area contributed by atoms with Gasteiger partial charge in [-0.15, -0.1) is 0 Å². The number of nitrogens with one attached hydrogen (secondary N) is 1. The number of para-hydroxylation sites is 2. The summed E-state index contributed by atoms with van der Waals surface area (Å²) in [6.07, 6.45) is -1.58. The molecule has 0 radical (unpaired) electrons. The number of benzene rings is 3. The molecule has 0 bridgehead atoms. The van der Waals surface area contributed by atoms with Gasteiger partial charge >= 0.3 is 6.09 Å². The third kappa shape index (κ3) is 7.21. The molecular weight excluding hydrogens is 478 g/mol. The van der Waals surface area contributed by atoms with Crippen LogP contribution in [0.5, 0.6) is 11.5 Å². The SMILES string of the molecule is COc1ccccc1C(OOCC(O)COCCCNC(=O)O)(c1ccccc1)c1ccccc1OC. The molecule has 9 heteroatoms. The molecule has 37 heavy (non-hydrogen) atoms. The Kier molecular flexibility index (Phi) is 10.7. The summed E-state index contributed by atoms with van der Waals surface area (Å²) in [7, 11) is 3.18. The summed E-state index contributed by atoms with van der Waals surface area (Å²) in [6.45, 7) is 0.376. The smallest absolute Gasteiger partial charge is 0.404 e. The van der Waals surface area contributed by atoms with Gasteiger partial charge in [0.05, 0.1) is 20.8 Å². The van der Waals surface area contributed by atoms with E-state index in [9.17, 15) is 9.90 Å². The fourth-order valence-corrected chi connectivity index (χ4v) is 3.98. The lowest BCUT2D eigenvalue weighted by Gasteiger charge is -2.35. The highest BCUT2D eigenvalue weighted by molar-refractivity contribution is 5.64. The monoisotopic (exact) mass is 511 g/mol. The maximum atomic E-state index is 10.5. The first kappa shape index (κ1) is 27.9. The maximum absolute atomic E-state index is 10.5. The Balaban J connectivity index is 1.88. The zero-order valence-electron chi connectivity index (χ0n) is 21.0. The molecule has 9 nitrogen and oxygen atoms in total. The van der Waals surface area contributed by atoms with Crippen LogP contribution >= 0.6 is 0 Å². The van der Waals surface area contributed by atoms with Crippen LogP contribution in [0, 0.1) is 0 Å². The molecule has 1 amide bonds. The van der Waals surface area contributed by atoms with Crippen molar-refractivity contribution in [3.05, 3.63) is 95.6 Å². The van der Waals surface area contributed by atoms with Gasteiger partial charge in [-0.2, -0.15) is 0 Å². The van der Waals surface area contributed by atoms with Crippen LogP contribution in [0.3, 0.4) is 0 Å². The number of aliphatic hydroxyl groups is 1. The van der Waals surface area contributed by atoms with Gasteiger partial charge in [-0.25, -0.2) is 14.6 Å². The van der Waals surface area contributed by atoms with Crippen LogP contribution in [0.25, 0.3) is 0 Å². The number of hydrogen-bond acceptors (Lipinski definition) is 7. The van der Waals surface area contributed by atoms with E-state index in [1.165, 1.54) is 0 Å². The van der Waals surface area contributed by atoms with E-state index in [4.69, 9.17) is 29.1 Å². The Labute approximate surface area is 216 Å². The van der Waals surface area contributed by atoms with Crippen molar-refractivity contribution in [1.82, 2.24) is 5.32 Å². The summed E-state index contributed by atoms with van der Waals surface area (Å²) in [4.78, 5) is 22.5. The molecule has 0 saturated heterocycles. The average Bonchev–Trinajstić information content (AvgIpc) is 2.93. The molecule has 0 aliphatic heterocycles. The lowest BCUT2D eigenvalue weighted by Crippen LogP contribution is -2.35. The van der Waals surface area contributed by atoms with E-state index < -0.39 is 17.8 Å². The van der Waals surface area contributed by atoms with Crippen LogP contribution in [-0.2, 0) is 20.1 Å². The largest absolute Gasteiger partial charge is 0.496 e. The highest BCUT2D eigenvalue weighted by atomic mass is 17.2. The van der Waals surface area contributed by atoms with Crippen molar-refractivity contribution >= 4 is 6.09 Å². The molecule has 0 fully saturated rings. The number of amides is 1. The highest BCUT2D eigenvalue weighted by Gasteiger charge is 2.44. The molecule has 0 spiro atoms. The molecular formula is C28H33NO8. The van der Waals surface area contributed by atoms with E-state index in [2.05, 4.69) is 5.32 Å². The van der Waals surface area contributed by atoms with E-state index in [0.29, 0.717) is 29.0 Å². The first-order valence-corrected chi connectivity index (χ1v) is 11.9. The molecule has 0 aliphatic carbocycles. The van der Waals surface area contributed by atoms with Gasteiger partial charge in [0.15, 0.2) is 5.60 Å². The Hall–Kier alpha value is -3.63. The number of carboxylic acid groups (broad SMARTS) is 1. The molecule has 0 heterocycles. The molecule has 198 valence electrons. The molecule has 3 rings (SSSR count). The summed E-state index contributed by atoms with van der Waals surface area (Å²) < 4.78 is 16.8. The van der Waals surface area contributed by atoms with E-state index in [0.717, 1.165) is 5.56 Å². The van der Waals surface area contributed by atoms with Crippen molar-refractivity contribution < 1.29 is 39.0 Å². The quantitative estimate of drug-likeness (QED) is 0.121. The van der Waals surface area contributed by atoms with E-state index >= 15 is 0 Å². The van der Waals surface area contributed by atoms with Crippen molar-refractivity contribution in [1.29, 1.82) is 0 Å². The van der Waals surface area contributed by atoms with Crippen LogP contribution in [0.2, 0.25) is 0 Å². The summed E-state index contributed by atoms with van der Waals surface area (Å²) in [5.74, 6) is 1.17. The Bertz CT molecular complexity index is 1060. The minimum atomic E-state index is -1.30. The van der Waals surface area contributed by atoms with Gasteiger partial charge in [0.2, 0.25) is 0 Å². The van der Waals surface area contributed by atoms with Crippen molar-refractivity contribution in [2.45, 2.75) is 18.1 Å².